The molecule has 19 heavy (non-hydrogen) atoms. The number of allylic oxidation sites excluding steroid dienone is 2. The fourth-order valence-electron chi connectivity index (χ4n) is 1.50. The molecule has 2 N–H and O–H groups in total. The summed E-state index contributed by atoms with van der Waals surface area (Å²) < 4.78 is 0. The van der Waals surface area contributed by atoms with Crippen LogP contribution in [0.4, 0.5) is 0 Å². The second kappa shape index (κ2) is 13.1. The maximum atomic E-state index is 9.54. The van der Waals surface area contributed by atoms with Crippen molar-refractivity contribution in [3.05, 3.63) is 37.0 Å². The first-order valence-electron chi connectivity index (χ1n) is 7.03. The lowest BCUT2D eigenvalue weighted by Gasteiger charge is -1.97. The summed E-state index contributed by atoms with van der Waals surface area (Å²) in [5.74, 6) is 5.34. The minimum absolute atomic E-state index is 0.676. The number of aliphatic hydroxyl groups is 2. The zero-order valence-electron chi connectivity index (χ0n) is 11.9. The lowest BCUT2D eigenvalue weighted by Crippen LogP contribution is -1.96. The lowest BCUT2D eigenvalue weighted by atomic mass is 10.1. The monoisotopic (exact) mass is 262 g/mol. The van der Waals surface area contributed by atoms with Crippen molar-refractivity contribution in [2.24, 2.45) is 0 Å². The summed E-state index contributed by atoms with van der Waals surface area (Å²) in [6, 6.07) is 0. The van der Waals surface area contributed by atoms with Gasteiger partial charge < -0.3 is 10.2 Å². The van der Waals surface area contributed by atoms with E-state index in [1.54, 1.807) is 6.08 Å². The second-order valence-electron chi connectivity index (χ2n) is 4.45. The summed E-state index contributed by atoms with van der Waals surface area (Å²) in [5, 5.41) is 18.7. The highest BCUT2D eigenvalue weighted by molar-refractivity contribution is 5.22. The molecule has 0 aromatic rings. The van der Waals surface area contributed by atoms with Gasteiger partial charge >= 0.3 is 0 Å². The minimum Gasteiger partial charge on any atom is -0.385 e. The Hall–Kier alpha value is -1.30. The van der Waals surface area contributed by atoms with E-state index < -0.39 is 12.2 Å². The van der Waals surface area contributed by atoms with Crippen LogP contribution in [0.15, 0.2) is 37.0 Å². The second-order valence-corrected chi connectivity index (χ2v) is 4.45. The van der Waals surface area contributed by atoms with E-state index in [1.807, 2.05) is 6.08 Å². The van der Waals surface area contributed by atoms with Crippen LogP contribution in [0.3, 0.4) is 0 Å². The van der Waals surface area contributed by atoms with Gasteiger partial charge in [0.15, 0.2) is 0 Å². The molecule has 0 aromatic carbocycles. The lowest BCUT2D eigenvalue weighted by molar-refractivity contribution is 0.272. The third-order valence-electron chi connectivity index (χ3n) is 2.64. The molecule has 0 aliphatic heterocycles. The summed E-state index contributed by atoms with van der Waals surface area (Å²) in [5.41, 5.74) is 0. The molecule has 0 aliphatic carbocycles. The van der Waals surface area contributed by atoms with Crippen LogP contribution in [0.2, 0.25) is 0 Å². The van der Waals surface area contributed by atoms with Gasteiger partial charge in [0, 0.05) is 0 Å². The molecule has 0 saturated heterocycles. The topological polar surface area (TPSA) is 40.5 Å². The first kappa shape index (κ1) is 17.7. The molecule has 0 bridgehead atoms. The van der Waals surface area contributed by atoms with Crippen molar-refractivity contribution in [3.63, 3.8) is 0 Å². The highest BCUT2D eigenvalue weighted by atomic mass is 16.3. The first-order valence-corrected chi connectivity index (χ1v) is 7.03. The van der Waals surface area contributed by atoms with Gasteiger partial charge in [0.25, 0.3) is 0 Å². The van der Waals surface area contributed by atoms with Crippen LogP contribution in [0.1, 0.15) is 45.4 Å². The Morgan fingerprint density at radius 3 is 2.53 bits per heavy atom. The Morgan fingerprint density at radius 2 is 1.84 bits per heavy atom. The summed E-state index contributed by atoms with van der Waals surface area (Å²) in [6.45, 7) is 5.65. The summed E-state index contributed by atoms with van der Waals surface area (Å²) in [7, 11) is 0. The molecule has 0 heterocycles. The van der Waals surface area contributed by atoms with Crippen LogP contribution in [0, 0.1) is 11.8 Å². The SMILES string of the molecule is C=CC(O)C=CC#CC(O)C=CCCCCCCC. The van der Waals surface area contributed by atoms with E-state index in [-0.39, 0.29) is 0 Å². The number of aliphatic hydroxyl groups excluding tert-OH is 2. The van der Waals surface area contributed by atoms with Crippen molar-refractivity contribution in [3.8, 4) is 11.8 Å². The summed E-state index contributed by atoms with van der Waals surface area (Å²) in [4.78, 5) is 0. The van der Waals surface area contributed by atoms with E-state index in [0.29, 0.717) is 0 Å². The van der Waals surface area contributed by atoms with Crippen molar-refractivity contribution >= 4 is 0 Å². The van der Waals surface area contributed by atoms with Crippen LogP contribution in [-0.2, 0) is 0 Å². The molecule has 2 unspecified atom stereocenters. The van der Waals surface area contributed by atoms with E-state index in [2.05, 4.69) is 25.3 Å². The average molecular weight is 262 g/mol. The van der Waals surface area contributed by atoms with Crippen LogP contribution >= 0.6 is 0 Å². The maximum absolute atomic E-state index is 9.54. The van der Waals surface area contributed by atoms with Gasteiger partial charge in [-0.1, -0.05) is 56.6 Å². The molecule has 0 amide bonds. The first-order chi connectivity index (χ1) is 9.20. The predicted octanol–water partition coefficient (Wildman–Crippen LogP) is 3.37. The van der Waals surface area contributed by atoms with Crippen molar-refractivity contribution in [2.45, 2.75) is 57.7 Å². The molecule has 0 aromatic heterocycles. The molecule has 0 spiro atoms. The van der Waals surface area contributed by atoms with E-state index in [9.17, 15) is 5.11 Å². The van der Waals surface area contributed by atoms with Crippen LogP contribution in [-0.4, -0.2) is 22.4 Å². The van der Waals surface area contributed by atoms with E-state index in [1.165, 1.54) is 50.3 Å². The van der Waals surface area contributed by atoms with Crippen molar-refractivity contribution in [1.82, 2.24) is 0 Å². The Labute approximate surface area is 117 Å². The molecular formula is C17H26O2. The summed E-state index contributed by atoms with van der Waals surface area (Å²) in [6.07, 6.45) is 14.0. The number of hydrogen-bond acceptors (Lipinski definition) is 2. The highest BCUT2D eigenvalue weighted by Gasteiger charge is 1.91. The Morgan fingerprint density at radius 1 is 1.11 bits per heavy atom. The van der Waals surface area contributed by atoms with Crippen LogP contribution < -0.4 is 0 Å². The molecular weight excluding hydrogens is 236 g/mol. The number of rotatable bonds is 9. The van der Waals surface area contributed by atoms with Crippen LogP contribution in [0.5, 0.6) is 0 Å². The maximum Gasteiger partial charge on any atom is 0.133 e. The van der Waals surface area contributed by atoms with Crippen molar-refractivity contribution in [2.75, 3.05) is 0 Å². The molecule has 0 radical (unpaired) electrons. The molecule has 2 heteroatoms. The molecule has 106 valence electrons. The van der Waals surface area contributed by atoms with Gasteiger partial charge in [-0.3, -0.25) is 0 Å². The molecule has 0 saturated carbocycles. The van der Waals surface area contributed by atoms with Gasteiger partial charge in [0.2, 0.25) is 0 Å². The van der Waals surface area contributed by atoms with Gasteiger partial charge in [0.05, 0.1) is 6.10 Å². The van der Waals surface area contributed by atoms with E-state index >= 15 is 0 Å². The third-order valence-corrected chi connectivity index (χ3v) is 2.64. The highest BCUT2D eigenvalue weighted by Crippen LogP contribution is 2.05. The number of hydrogen-bond donors (Lipinski definition) is 2. The molecule has 0 fully saturated rings. The predicted molar refractivity (Wildman–Crippen MR) is 81.6 cm³/mol. The largest absolute Gasteiger partial charge is 0.385 e. The van der Waals surface area contributed by atoms with Gasteiger partial charge in [-0.05, 0) is 31.1 Å². The van der Waals surface area contributed by atoms with Gasteiger partial charge in [-0.2, -0.15) is 0 Å². The number of unbranched alkanes of at least 4 members (excludes halogenated alkanes) is 5. The summed E-state index contributed by atoms with van der Waals surface area (Å²) >= 11 is 0. The van der Waals surface area contributed by atoms with Gasteiger partial charge in [-0.15, -0.1) is 6.58 Å². The van der Waals surface area contributed by atoms with Crippen LogP contribution in [0.25, 0.3) is 0 Å². The van der Waals surface area contributed by atoms with Crippen molar-refractivity contribution in [1.29, 1.82) is 0 Å². The molecule has 0 rings (SSSR count). The van der Waals surface area contributed by atoms with Gasteiger partial charge in [0.1, 0.15) is 6.10 Å². The van der Waals surface area contributed by atoms with E-state index in [0.717, 1.165) is 6.42 Å². The Balaban J connectivity index is 3.73. The zero-order chi connectivity index (χ0) is 14.3. The quantitative estimate of drug-likeness (QED) is 0.380. The van der Waals surface area contributed by atoms with Gasteiger partial charge in [-0.25, -0.2) is 0 Å². The normalized spacial score (nSPS) is 14.3. The third kappa shape index (κ3) is 12.9. The Bertz CT molecular complexity index is 331. The zero-order valence-corrected chi connectivity index (χ0v) is 11.9. The fraction of sp³-hybridized carbons (Fsp3) is 0.529. The standard InChI is InChI=1S/C17H26O2/c1-3-5-6-7-8-9-10-14-17(19)15-12-11-13-16(18)4-2/h4,10-11,13-14,16-19H,2-3,5-9H2,1H3. The fourth-order valence-corrected chi connectivity index (χ4v) is 1.50. The van der Waals surface area contributed by atoms with Crippen molar-refractivity contribution < 1.29 is 10.2 Å². The molecule has 0 aliphatic rings. The molecule has 2 nitrogen and oxygen atoms in total. The minimum atomic E-state index is -0.735. The Kier molecular flexibility index (Phi) is 12.2. The average Bonchev–Trinajstić information content (AvgIpc) is 2.42. The van der Waals surface area contributed by atoms with E-state index in [4.69, 9.17) is 5.11 Å². The smallest absolute Gasteiger partial charge is 0.133 e. The molecule has 2 atom stereocenters.